The summed E-state index contributed by atoms with van der Waals surface area (Å²) in [6.45, 7) is 3.41. The number of hydrogen-bond donors (Lipinski definition) is 1. The van der Waals surface area contributed by atoms with Gasteiger partial charge >= 0.3 is 0 Å². The second kappa shape index (κ2) is 7.56. The molecule has 1 N–H and O–H groups in total. The predicted octanol–water partition coefficient (Wildman–Crippen LogP) is 4.67. The maximum Gasteiger partial charge on any atom is 0.282 e. The van der Waals surface area contributed by atoms with Crippen LogP contribution in [0.3, 0.4) is 0 Å². The van der Waals surface area contributed by atoms with Crippen molar-refractivity contribution in [3.63, 3.8) is 0 Å². The highest BCUT2D eigenvalue weighted by atomic mass is 16.6. The van der Waals surface area contributed by atoms with Gasteiger partial charge in [-0.1, -0.05) is 12.1 Å². The van der Waals surface area contributed by atoms with Crippen molar-refractivity contribution in [3.05, 3.63) is 57.6 Å². The highest BCUT2D eigenvalue weighted by Crippen LogP contribution is 2.42. The highest BCUT2D eigenvalue weighted by molar-refractivity contribution is 6.02. The van der Waals surface area contributed by atoms with Crippen molar-refractivity contribution in [1.82, 2.24) is 4.98 Å². The number of benzene rings is 2. The van der Waals surface area contributed by atoms with Gasteiger partial charge in [0.1, 0.15) is 0 Å². The van der Waals surface area contributed by atoms with E-state index in [1.54, 1.807) is 12.1 Å². The average molecular weight is 380 g/mol. The Hall–Kier alpha value is -3.61. The normalized spacial score (nSPS) is 11.1. The molecule has 0 unspecified atom stereocenters. The summed E-state index contributed by atoms with van der Waals surface area (Å²) in [4.78, 5) is 26.0. The van der Waals surface area contributed by atoms with Crippen molar-refractivity contribution < 1.29 is 19.2 Å². The number of aromatic amines is 1. The predicted molar refractivity (Wildman–Crippen MR) is 108 cm³/mol. The number of nitrogens with one attached hydrogen (secondary N) is 1. The molecule has 7 nitrogen and oxygen atoms in total. The Balaban J connectivity index is 2.38. The lowest BCUT2D eigenvalue weighted by atomic mass is 10.0. The summed E-state index contributed by atoms with van der Waals surface area (Å²) in [7, 11) is 2.90. The first-order chi connectivity index (χ1) is 13.3. The number of hydrogen-bond acceptors (Lipinski definition) is 5. The van der Waals surface area contributed by atoms with Crippen LogP contribution in [0.5, 0.6) is 11.5 Å². The van der Waals surface area contributed by atoms with Crippen LogP contribution in [0.1, 0.15) is 18.1 Å². The van der Waals surface area contributed by atoms with Crippen molar-refractivity contribution in [1.29, 1.82) is 0 Å². The molecule has 0 fully saturated rings. The van der Waals surface area contributed by atoms with E-state index < -0.39 is 4.92 Å². The lowest BCUT2D eigenvalue weighted by Gasteiger charge is -2.10. The van der Waals surface area contributed by atoms with E-state index in [0.29, 0.717) is 22.6 Å². The number of aromatic nitrogens is 1. The zero-order valence-corrected chi connectivity index (χ0v) is 16.0. The summed E-state index contributed by atoms with van der Waals surface area (Å²) in [5.41, 5.74) is 3.32. The van der Waals surface area contributed by atoms with Crippen molar-refractivity contribution in [2.24, 2.45) is 0 Å². The second-order valence-electron chi connectivity index (χ2n) is 6.39. The number of H-pyrrole nitrogens is 1. The summed E-state index contributed by atoms with van der Waals surface area (Å²) in [5.74, 6) is 0.527. The van der Waals surface area contributed by atoms with E-state index in [1.807, 2.05) is 25.1 Å². The van der Waals surface area contributed by atoms with Crippen molar-refractivity contribution >= 4 is 28.4 Å². The number of aryl methyl sites for hydroxylation is 1. The maximum absolute atomic E-state index is 11.7. The number of allylic oxidation sites excluding steroid dienone is 1. The molecule has 0 aliphatic heterocycles. The summed E-state index contributed by atoms with van der Waals surface area (Å²) >= 11 is 0. The Morgan fingerprint density at radius 2 is 1.82 bits per heavy atom. The van der Waals surface area contributed by atoms with Crippen LogP contribution in [-0.2, 0) is 4.79 Å². The minimum Gasteiger partial charge on any atom is -0.493 e. The van der Waals surface area contributed by atoms with Gasteiger partial charge in [0, 0.05) is 22.5 Å². The number of nitro benzene ring substituents is 1. The molecule has 1 heterocycles. The van der Waals surface area contributed by atoms with E-state index in [1.165, 1.54) is 33.3 Å². The number of carbonyl (C=O) groups is 1. The van der Waals surface area contributed by atoms with Crippen LogP contribution >= 0.6 is 0 Å². The van der Waals surface area contributed by atoms with E-state index in [9.17, 15) is 14.9 Å². The van der Waals surface area contributed by atoms with E-state index in [4.69, 9.17) is 9.47 Å². The third-order valence-corrected chi connectivity index (χ3v) is 4.45. The molecule has 7 heteroatoms. The zero-order valence-electron chi connectivity index (χ0n) is 16.0. The van der Waals surface area contributed by atoms with Gasteiger partial charge in [0.25, 0.3) is 5.69 Å². The molecule has 3 rings (SSSR count). The summed E-state index contributed by atoms with van der Waals surface area (Å²) in [6, 6.07) is 8.74. The van der Waals surface area contributed by atoms with Gasteiger partial charge < -0.3 is 14.5 Å². The highest BCUT2D eigenvalue weighted by Gasteiger charge is 2.24. The van der Waals surface area contributed by atoms with Crippen LogP contribution < -0.4 is 9.47 Å². The van der Waals surface area contributed by atoms with Gasteiger partial charge in [-0.3, -0.25) is 14.9 Å². The van der Waals surface area contributed by atoms with Gasteiger partial charge in [-0.25, -0.2) is 0 Å². The average Bonchev–Trinajstić information content (AvgIpc) is 3.02. The lowest BCUT2D eigenvalue weighted by Crippen LogP contribution is -1.98. The molecule has 144 valence electrons. The standard InChI is InChI=1S/C21H20N2O5/c1-12-5-7-14-15(8-6-13(2)24)21(22-17(14)9-12)16-10-19(27-3)20(28-4)11-18(16)23(25)26/h5-11,22H,1-4H3/b8-6+. The summed E-state index contributed by atoms with van der Waals surface area (Å²) in [6.07, 6.45) is 3.12. The van der Waals surface area contributed by atoms with Crippen LogP contribution in [0.25, 0.3) is 28.2 Å². The van der Waals surface area contributed by atoms with Gasteiger partial charge in [0.05, 0.1) is 36.5 Å². The summed E-state index contributed by atoms with van der Waals surface area (Å²) in [5, 5.41) is 12.6. The first-order valence-electron chi connectivity index (χ1n) is 8.57. The first-order valence-corrected chi connectivity index (χ1v) is 8.57. The van der Waals surface area contributed by atoms with Crippen molar-refractivity contribution in [2.45, 2.75) is 13.8 Å². The van der Waals surface area contributed by atoms with Gasteiger partial charge in [-0.05, 0) is 37.6 Å². The number of nitrogens with zero attached hydrogens (tertiary/aromatic N) is 1. The third-order valence-electron chi connectivity index (χ3n) is 4.45. The number of rotatable bonds is 6. The van der Waals surface area contributed by atoms with E-state index in [0.717, 1.165) is 16.5 Å². The van der Waals surface area contributed by atoms with E-state index in [-0.39, 0.29) is 17.2 Å². The van der Waals surface area contributed by atoms with Crippen LogP contribution in [0, 0.1) is 17.0 Å². The molecule has 28 heavy (non-hydrogen) atoms. The van der Waals surface area contributed by atoms with Gasteiger partial charge in [-0.15, -0.1) is 0 Å². The molecule has 0 saturated carbocycles. The van der Waals surface area contributed by atoms with Crippen LogP contribution in [-0.4, -0.2) is 29.9 Å². The van der Waals surface area contributed by atoms with E-state index in [2.05, 4.69) is 4.98 Å². The number of ketones is 1. The van der Waals surface area contributed by atoms with E-state index >= 15 is 0 Å². The number of ether oxygens (including phenoxy) is 2. The third kappa shape index (κ3) is 3.46. The lowest BCUT2D eigenvalue weighted by molar-refractivity contribution is -0.384. The fourth-order valence-corrected chi connectivity index (χ4v) is 3.14. The smallest absolute Gasteiger partial charge is 0.282 e. The quantitative estimate of drug-likeness (QED) is 0.381. The first kappa shape index (κ1) is 19.2. The SMILES string of the molecule is COc1cc(-c2[nH]c3cc(C)ccc3c2/C=C/C(C)=O)c([N+](=O)[O-])cc1OC. The Bertz CT molecular complexity index is 1110. The molecule has 0 aliphatic carbocycles. The molecule has 0 atom stereocenters. The van der Waals surface area contributed by atoms with Crippen molar-refractivity contribution in [2.75, 3.05) is 14.2 Å². The van der Waals surface area contributed by atoms with Crippen LogP contribution in [0.4, 0.5) is 5.69 Å². The molecule has 0 spiro atoms. The van der Waals surface area contributed by atoms with Crippen LogP contribution in [0.15, 0.2) is 36.4 Å². The fourth-order valence-electron chi connectivity index (χ4n) is 3.14. The molecular formula is C21H20N2O5. The summed E-state index contributed by atoms with van der Waals surface area (Å²) < 4.78 is 10.5. The van der Waals surface area contributed by atoms with Crippen molar-refractivity contribution in [3.8, 4) is 22.8 Å². The Morgan fingerprint density at radius 1 is 1.14 bits per heavy atom. The van der Waals surface area contributed by atoms with Gasteiger partial charge in [0.2, 0.25) is 0 Å². The van der Waals surface area contributed by atoms with Gasteiger partial charge in [0.15, 0.2) is 17.3 Å². The fraction of sp³-hybridized carbons (Fsp3) is 0.190. The molecule has 0 aliphatic rings. The molecule has 0 bridgehead atoms. The molecule has 3 aromatic rings. The molecule has 1 aromatic heterocycles. The minimum absolute atomic E-state index is 0.116. The molecule has 0 radical (unpaired) electrons. The topological polar surface area (TPSA) is 94.5 Å². The Labute approximate surface area is 161 Å². The minimum atomic E-state index is -0.466. The molecular weight excluding hydrogens is 360 g/mol. The number of nitro groups is 1. The maximum atomic E-state index is 11.7. The number of carbonyl (C=O) groups excluding carboxylic acids is 1. The Morgan fingerprint density at radius 3 is 2.43 bits per heavy atom. The molecule has 0 amide bonds. The Kier molecular flexibility index (Phi) is 5.17. The number of fused-ring (bicyclic) bond motifs is 1. The largest absolute Gasteiger partial charge is 0.493 e. The monoisotopic (exact) mass is 380 g/mol. The van der Waals surface area contributed by atoms with Gasteiger partial charge in [-0.2, -0.15) is 0 Å². The zero-order chi connectivity index (χ0) is 20.4. The second-order valence-corrected chi connectivity index (χ2v) is 6.39. The van der Waals surface area contributed by atoms with Crippen LogP contribution in [0.2, 0.25) is 0 Å². The number of methoxy groups -OCH3 is 2. The molecule has 0 saturated heterocycles. The molecule has 2 aromatic carbocycles.